The Balaban J connectivity index is 2.32. The van der Waals surface area contributed by atoms with Crippen molar-refractivity contribution in [3.63, 3.8) is 0 Å². The van der Waals surface area contributed by atoms with Gasteiger partial charge in [-0.25, -0.2) is 0 Å². The average Bonchev–Trinajstić information content (AvgIpc) is 2.38. The first-order valence-corrected chi connectivity index (χ1v) is 7.86. The van der Waals surface area contributed by atoms with Crippen LogP contribution >= 0.6 is 15.9 Å². The highest BCUT2D eigenvalue weighted by Crippen LogP contribution is 2.37. The molecule has 2 unspecified atom stereocenters. The predicted molar refractivity (Wildman–Crippen MR) is 82.6 cm³/mol. The maximum Gasteiger partial charge on any atom is 0.417 e. The van der Waals surface area contributed by atoms with Crippen LogP contribution in [0.1, 0.15) is 26.3 Å². The molecular weight excluding hydrogens is 345 g/mol. The maximum absolute atomic E-state index is 13.0. The first-order valence-electron chi connectivity index (χ1n) is 7.07. The molecule has 1 fully saturated rings. The molecule has 2 atom stereocenters. The number of nitrogens with zero attached hydrogens (tertiary/aromatic N) is 1. The number of benzene rings is 1. The van der Waals surface area contributed by atoms with E-state index < -0.39 is 11.7 Å². The number of piperazine rings is 1. The number of rotatable bonds is 2. The quantitative estimate of drug-likeness (QED) is 0.841. The second-order valence-electron chi connectivity index (χ2n) is 5.92. The summed E-state index contributed by atoms with van der Waals surface area (Å²) in [6.07, 6.45) is -4.34. The Hall–Kier alpha value is -0.750. The van der Waals surface area contributed by atoms with Crippen molar-refractivity contribution in [2.45, 2.75) is 39.0 Å². The molecule has 1 N–H and O–H groups in total. The average molecular weight is 365 g/mol. The molecule has 0 aromatic heterocycles. The van der Waals surface area contributed by atoms with Crippen molar-refractivity contribution in [3.8, 4) is 0 Å². The standard InChI is InChI=1S/C15H20BrF3N2/c1-9(2)14-8-21(10(3)7-20-14)11-4-5-13(16)12(6-11)15(17,18)19/h4-6,9-10,14,20H,7-8H2,1-3H3. The summed E-state index contributed by atoms with van der Waals surface area (Å²) in [4.78, 5) is 2.06. The van der Waals surface area contributed by atoms with E-state index in [0.717, 1.165) is 13.1 Å². The highest BCUT2D eigenvalue weighted by molar-refractivity contribution is 9.10. The van der Waals surface area contributed by atoms with Gasteiger partial charge < -0.3 is 10.2 Å². The zero-order chi connectivity index (χ0) is 15.8. The van der Waals surface area contributed by atoms with Crippen LogP contribution < -0.4 is 10.2 Å². The van der Waals surface area contributed by atoms with Gasteiger partial charge in [-0.05, 0) is 31.0 Å². The minimum absolute atomic E-state index is 0.0851. The fourth-order valence-corrected chi connectivity index (χ4v) is 3.08. The lowest BCUT2D eigenvalue weighted by atomic mass is 9.99. The van der Waals surface area contributed by atoms with Gasteiger partial charge in [0.2, 0.25) is 0 Å². The minimum atomic E-state index is -4.34. The maximum atomic E-state index is 13.0. The topological polar surface area (TPSA) is 15.3 Å². The minimum Gasteiger partial charge on any atom is -0.366 e. The Morgan fingerprint density at radius 3 is 2.57 bits per heavy atom. The highest BCUT2D eigenvalue weighted by Gasteiger charge is 2.34. The fraction of sp³-hybridized carbons (Fsp3) is 0.600. The van der Waals surface area contributed by atoms with Crippen molar-refractivity contribution in [1.29, 1.82) is 0 Å². The zero-order valence-corrected chi connectivity index (χ0v) is 13.9. The van der Waals surface area contributed by atoms with Crippen LogP contribution in [0, 0.1) is 5.92 Å². The van der Waals surface area contributed by atoms with E-state index in [1.54, 1.807) is 6.07 Å². The van der Waals surface area contributed by atoms with E-state index in [9.17, 15) is 13.2 Å². The van der Waals surface area contributed by atoms with Gasteiger partial charge in [0, 0.05) is 35.3 Å². The van der Waals surface area contributed by atoms with Crippen molar-refractivity contribution in [2.24, 2.45) is 5.92 Å². The van der Waals surface area contributed by atoms with Gasteiger partial charge in [-0.15, -0.1) is 0 Å². The molecule has 118 valence electrons. The number of halogens is 4. The second kappa shape index (κ2) is 6.16. The third-order valence-corrected chi connectivity index (χ3v) is 4.68. The molecule has 2 rings (SSSR count). The molecular formula is C15H20BrF3N2. The third kappa shape index (κ3) is 3.72. The van der Waals surface area contributed by atoms with Gasteiger partial charge in [-0.1, -0.05) is 29.8 Å². The summed E-state index contributed by atoms with van der Waals surface area (Å²) in [7, 11) is 0. The molecule has 0 amide bonds. The molecule has 1 aromatic carbocycles. The van der Waals surface area contributed by atoms with Gasteiger partial charge >= 0.3 is 6.18 Å². The normalized spacial score (nSPS) is 23.7. The van der Waals surface area contributed by atoms with Crippen LogP contribution in [-0.4, -0.2) is 25.2 Å². The molecule has 0 spiro atoms. The molecule has 1 aliphatic rings. The Morgan fingerprint density at radius 1 is 1.33 bits per heavy atom. The summed E-state index contributed by atoms with van der Waals surface area (Å²) in [6.45, 7) is 7.76. The van der Waals surface area contributed by atoms with Crippen LogP contribution in [0.25, 0.3) is 0 Å². The van der Waals surface area contributed by atoms with Gasteiger partial charge in [0.25, 0.3) is 0 Å². The summed E-state index contributed by atoms with van der Waals surface area (Å²) in [5.41, 5.74) is 0.0111. The zero-order valence-electron chi connectivity index (χ0n) is 12.3. The highest BCUT2D eigenvalue weighted by atomic mass is 79.9. The molecule has 21 heavy (non-hydrogen) atoms. The SMILES string of the molecule is CC(C)C1CN(c2ccc(Br)c(C(F)(F)F)c2)C(C)CN1. The summed E-state index contributed by atoms with van der Waals surface area (Å²) in [6, 6.07) is 4.93. The van der Waals surface area contributed by atoms with Crippen LogP contribution in [0.15, 0.2) is 22.7 Å². The molecule has 0 aliphatic carbocycles. The van der Waals surface area contributed by atoms with Crippen molar-refractivity contribution >= 4 is 21.6 Å². The van der Waals surface area contributed by atoms with Gasteiger partial charge in [0.05, 0.1) is 5.56 Å². The van der Waals surface area contributed by atoms with Crippen LogP contribution in [0.4, 0.5) is 18.9 Å². The Kier molecular flexibility index (Phi) is 4.88. The lowest BCUT2D eigenvalue weighted by Crippen LogP contribution is -2.57. The first-order chi connectivity index (χ1) is 9.70. The van der Waals surface area contributed by atoms with E-state index in [-0.39, 0.29) is 10.5 Å². The summed E-state index contributed by atoms with van der Waals surface area (Å²) < 4.78 is 39.2. The van der Waals surface area contributed by atoms with Gasteiger partial charge in [-0.3, -0.25) is 0 Å². The number of nitrogens with one attached hydrogen (secondary N) is 1. The largest absolute Gasteiger partial charge is 0.417 e. The van der Waals surface area contributed by atoms with Gasteiger partial charge in [-0.2, -0.15) is 13.2 Å². The van der Waals surface area contributed by atoms with Crippen molar-refractivity contribution in [2.75, 3.05) is 18.0 Å². The molecule has 1 saturated heterocycles. The van der Waals surface area contributed by atoms with Crippen molar-refractivity contribution < 1.29 is 13.2 Å². The molecule has 6 heteroatoms. The van der Waals surface area contributed by atoms with E-state index in [4.69, 9.17) is 0 Å². The lowest BCUT2D eigenvalue weighted by molar-refractivity contribution is -0.138. The van der Waals surface area contributed by atoms with E-state index in [0.29, 0.717) is 17.6 Å². The van der Waals surface area contributed by atoms with Gasteiger partial charge in [0.15, 0.2) is 0 Å². The summed E-state index contributed by atoms with van der Waals surface area (Å²) in [5.74, 6) is 0.442. The smallest absolute Gasteiger partial charge is 0.366 e. The molecule has 0 saturated carbocycles. The van der Waals surface area contributed by atoms with E-state index in [1.807, 2.05) is 6.92 Å². The molecule has 1 heterocycles. The van der Waals surface area contributed by atoms with E-state index in [1.165, 1.54) is 12.1 Å². The van der Waals surface area contributed by atoms with Crippen LogP contribution in [0.5, 0.6) is 0 Å². The monoisotopic (exact) mass is 364 g/mol. The third-order valence-electron chi connectivity index (χ3n) is 3.99. The number of hydrogen-bond donors (Lipinski definition) is 1. The molecule has 0 bridgehead atoms. The molecule has 1 aromatic rings. The molecule has 2 nitrogen and oxygen atoms in total. The summed E-state index contributed by atoms with van der Waals surface area (Å²) >= 11 is 2.99. The van der Waals surface area contributed by atoms with Crippen LogP contribution in [0.2, 0.25) is 0 Å². The first kappa shape index (κ1) is 16.6. The predicted octanol–water partition coefficient (Wildman–Crippen LogP) is 4.29. The van der Waals surface area contributed by atoms with Crippen molar-refractivity contribution in [3.05, 3.63) is 28.2 Å². The number of anilines is 1. The fourth-order valence-electron chi connectivity index (χ4n) is 2.60. The molecule has 1 aliphatic heterocycles. The Labute approximate surface area is 131 Å². The number of alkyl halides is 3. The van der Waals surface area contributed by atoms with E-state index >= 15 is 0 Å². The molecule has 0 radical (unpaired) electrons. The lowest BCUT2D eigenvalue weighted by Gasteiger charge is -2.42. The summed E-state index contributed by atoms with van der Waals surface area (Å²) in [5, 5.41) is 3.45. The van der Waals surface area contributed by atoms with Crippen LogP contribution in [-0.2, 0) is 6.18 Å². The van der Waals surface area contributed by atoms with E-state index in [2.05, 4.69) is 40.0 Å². The Bertz CT molecular complexity index is 502. The Morgan fingerprint density at radius 2 is 2.00 bits per heavy atom. The van der Waals surface area contributed by atoms with Crippen molar-refractivity contribution in [1.82, 2.24) is 5.32 Å². The van der Waals surface area contributed by atoms with Gasteiger partial charge in [0.1, 0.15) is 0 Å². The second-order valence-corrected chi connectivity index (χ2v) is 6.78. The van der Waals surface area contributed by atoms with Crippen LogP contribution in [0.3, 0.4) is 0 Å². The number of hydrogen-bond acceptors (Lipinski definition) is 2.